The Kier molecular flexibility index (Phi) is 9.36. The number of halogens is 1. The van der Waals surface area contributed by atoms with Gasteiger partial charge in [0.15, 0.2) is 5.96 Å². The molecule has 6 nitrogen and oxygen atoms in total. The van der Waals surface area contributed by atoms with Gasteiger partial charge in [-0.25, -0.2) is 0 Å². The Labute approximate surface area is 183 Å². The minimum atomic E-state index is 0. The number of nitrogens with one attached hydrogen (secondary N) is 2. The molecular weight excluding hydrogens is 469 g/mol. The number of rotatable bonds is 8. The second kappa shape index (κ2) is 11.8. The van der Waals surface area contributed by atoms with Gasteiger partial charge < -0.3 is 24.8 Å². The summed E-state index contributed by atoms with van der Waals surface area (Å²) in [6.07, 6.45) is 1.05. The van der Waals surface area contributed by atoms with Crippen LogP contribution in [0.4, 0.5) is 0 Å². The first-order chi connectivity index (χ1) is 13.3. The Bertz CT molecular complexity index is 728. The van der Waals surface area contributed by atoms with E-state index < -0.39 is 0 Å². The van der Waals surface area contributed by atoms with Crippen molar-refractivity contribution in [3.05, 3.63) is 59.7 Å². The fourth-order valence-electron chi connectivity index (χ4n) is 2.93. The molecule has 1 aliphatic heterocycles. The van der Waals surface area contributed by atoms with E-state index in [0.717, 1.165) is 29.4 Å². The molecule has 0 aromatic heterocycles. The average molecular weight is 497 g/mol. The fourth-order valence-corrected chi connectivity index (χ4v) is 2.93. The number of benzene rings is 2. The molecular formula is C21H28IN3O3. The zero-order chi connectivity index (χ0) is 18.9. The zero-order valence-corrected chi connectivity index (χ0v) is 18.6. The van der Waals surface area contributed by atoms with E-state index in [2.05, 4.69) is 21.7 Å². The molecule has 0 saturated heterocycles. The number of fused-ring (bicyclic) bond motifs is 1. The van der Waals surface area contributed by atoms with Crippen LogP contribution < -0.4 is 20.1 Å². The highest BCUT2D eigenvalue weighted by Gasteiger charge is 2.22. The number of nitrogens with zero attached hydrogens (tertiary/aromatic N) is 1. The van der Waals surface area contributed by atoms with Crippen LogP contribution in [0.2, 0.25) is 0 Å². The molecule has 0 radical (unpaired) electrons. The third-order valence-corrected chi connectivity index (χ3v) is 4.37. The number of ether oxygens (including phenoxy) is 3. The molecule has 1 unspecified atom stereocenters. The lowest BCUT2D eigenvalue weighted by Crippen LogP contribution is -2.41. The van der Waals surface area contributed by atoms with E-state index in [1.165, 1.54) is 5.56 Å². The molecule has 2 N–H and O–H groups in total. The second-order valence-corrected chi connectivity index (χ2v) is 6.34. The van der Waals surface area contributed by atoms with E-state index in [0.29, 0.717) is 26.3 Å². The van der Waals surface area contributed by atoms with Gasteiger partial charge in [-0.2, -0.15) is 0 Å². The van der Waals surface area contributed by atoms with Crippen LogP contribution in [0.5, 0.6) is 11.5 Å². The summed E-state index contributed by atoms with van der Waals surface area (Å²) in [5, 5.41) is 6.66. The summed E-state index contributed by atoms with van der Waals surface area (Å²) in [4.78, 5) is 4.28. The topological polar surface area (TPSA) is 64.1 Å². The molecule has 0 aliphatic carbocycles. The van der Waals surface area contributed by atoms with E-state index >= 15 is 0 Å². The van der Waals surface area contributed by atoms with Crippen LogP contribution in [0.3, 0.4) is 0 Å². The predicted molar refractivity (Wildman–Crippen MR) is 122 cm³/mol. The van der Waals surface area contributed by atoms with Gasteiger partial charge in [-0.05, 0) is 29.3 Å². The molecule has 0 bridgehead atoms. The fraction of sp³-hybridized carbons (Fsp3) is 0.381. The van der Waals surface area contributed by atoms with Gasteiger partial charge in [-0.15, -0.1) is 24.0 Å². The normalized spacial score (nSPS) is 15.2. The number of hydrogen-bond acceptors (Lipinski definition) is 4. The minimum Gasteiger partial charge on any atom is -0.491 e. The lowest BCUT2D eigenvalue weighted by molar-refractivity contribution is 0.146. The van der Waals surface area contributed by atoms with Crippen molar-refractivity contribution < 1.29 is 14.2 Å². The van der Waals surface area contributed by atoms with E-state index in [4.69, 9.17) is 14.2 Å². The Morgan fingerprint density at radius 2 is 1.89 bits per heavy atom. The summed E-state index contributed by atoms with van der Waals surface area (Å²) in [6.45, 7) is 2.53. The third-order valence-electron chi connectivity index (χ3n) is 4.37. The second-order valence-electron chi connectivity index (χ2n) is 6.34. The van der Waals surface area contributed by atoms with Crippen molar-refractivity contribution in [3.63, 3.8) is 0 Å². The van der Waals surface area contributed by atoms with Crippen LogP contribution in [-0.4, -0.2) is 46.0 Å². The van der Waals surface area contributed by atoms with Gasteiger partial charge in [-0.3, -0.25) is 4.99 Å². The first kappa shape index (κ1) is 22.3. The van der Waals surface area contributed by atoms with Crippen molar-refractivity contribution in [1.82, 2.24) is 10.6 Å². The molecule has 2 aromatic carbocycles. The standard InChI is InChI=1S/C21H27N3O3.HI/c1-22-21(24-15-19-13-17-5-3-4-6-20(17)27-19)23-14-16-7-9-18(10-8-16)26-12-11-25-2;/h3-10,19H,11-15H2,1-2H3,(H2,22,23,24);1H. The molecule has 0 spiro atoms. The number of para-hydroxylation sites is 1. The number of aliphatic imine (C=N–C) groups is 1. The van der Waals surface area contributed by atoms with Crippen LogP contribution in [0.1, 0.15) is 11.1 Å². The van der Waals surface area contributed by atoms with Gasteiger partial charge in [0.1, 0.15) is 24.2 Å². The Balaban J connectivity index is 0.00000280. The molecule has 1 heterocycles. The van der Waals surface area contributed by atoms with Crippen LogP contribution >= 0.6 is 24.0 Å². The molecule has 7 heteroatoms. The van der Waals surface area contributed by atoms with Gasteiger partial charge >= 0.3 is 0 Å². The highest BCUT2D eigenvalue weighted by molar-refractivity contribution is 14.0. The van der Waals surface area contributed by atoms with Crippen LogP contribution in [-0.2, 0) is 17.7 Å². The highest BCUT2D eigenvalue weighted by atomic mass is 127. The molecule has 0 amide bonds. The van der Waals surface area contributed by atoms with Gasteiger partial charge in [-0.1, -0.05) is 30.3 Å². The molecule has 1 atom stereocenters. The zero-order valence-electron chi connectivity index (χ0n) is 16.3. The molecule has 0 saturated carbocycles. The van der Waals surface area contributed by atoms with Crippen molar-refractivity contribution in [2.45, 2.75) is 19.1 Å². The maximum Gasteiger partial charge on any atom is 0.191 e. The summed E-state index contributed by atoms with van der Waals surface area (Å²) in [7, 11) is 3.43. The molecule has 152 valence electrons. The summed E-state index contributed by atoms with van der Waals surface area (Å²) in [6, 6.07) is 16.2. The lowest BCUT2D eigenvalue weighted by Gasteiger charge is -2.16. The summed E-state index contributed by atoms with van der Waals surface area (Å²) in [5.74, 6) is 2.59. The quantitative estimate of drug-likeness (QED) is 0.254. The maximum atomic E-state index is 5.95. The predicted octanol–water partition coefficient (Wildman–Crippen LogP) is 3.00. The lowest BCUT2D eigenvalue weighted by atomic mass is 10.1. The van der Waals surface area contributed by atoms with E-state index in [1.807, 2.05) is 42.5 Å². The summed E-state index contributed by atoms with van der Waals surface area (Å²) in [5.41, 5.74) is 2.42. The van der Waals surface area contributed by atoms with Crippen LogP contribution in [0.25, 0.3) is 0 Å². The minimum absolute atomic E-state index is 0. The van der Waals surface area contributed by atoms with E-state index in [1.54, 1.807) is 14.2 Å². The molecule has 3 rings (SSSR count). The van der Waals surface area contributed by atoms with E-state index in [9.17, 15) is 0 Å². The van der Waals surface area contributed by atoms with Crippen molar-refractivity contribution in [1.29, 1.82) is 0 Å². The van der Waals surface area contributed by atoms with Crippen molar-refractivity contribution in [2.24, 2.45) is 4.99 Å². The molecule has 2 aromatic rings. The number of hydrogen-bond donors (Lipinski definition) is 2. The van der Waals surface area contributed by atoms with Crippen molar-refractivity contribution in [3.8, 4) is 11.5 Å². The SMILES string of the molecule is CN=C(NCc1ccc(OCCOC)cc1)NCC1Cc2ccccc2O1.I. The third kappa shape index (κ3) is 6.56. The van der Waals surface area contributed by atoms with Crippen molar-refractivity contribution >= 4 is 29.9 Å². The summed E-state index contributed by atoms with van der Waals surface area (Å²) < 4.78 is 16.5. The van der Waals surface area contributed by atoms with Crippen LogP contribution in [0.15, 0.2) is 53.5 Å². The number of methoxy groups -OCH3 is 1. The van der Waals surface area contributed by atoms with Gasteiger partial charge in [0.05, 0.1) is 13.2 Å². The van der Waals surface area contributed by atoms with Crippen LogP contribution in [0, 0.1) is 0 Å². The van der Waals surface area contributed by atoms with Gasteiger partial charge in [0, 0.05) is 27.1 Å². The average Bonchev–Trinajstić information content (AvgIpc) is 3.12. The summed E-state index contributed by atoms with van der Waals surface area (Å²) >= 11 is 0. The van der Waals surface area contributed by atoms with Gasteiger partial charge in [0.2, 0.25) is 0 Å². The molecule has 28 heavy (non-hydrogen) atoms. The van der Waals surface area contributed by atoms with Crippen molar-refractivity contribution in [2.75, 3.05) is 33.9 Å². The molecule has 0 fully saturated rings. The largest absolute Gasteiger partial charge is 0.491 e. The maximum absolute atomic E-state index is 5.95. The first-order valence-electron chi connectivity index (χ1n) is 9.18. The number of guanidine groups is 1. The Hall–Kier alpha value is -2.00. The Morgan fingerprint density at radius 3 is 2.61 bits per heavy atom. The molecule has 1 aliphatic rings. The van der Waals surface area contributed by atoms with E-state index in [-0.39, 0.29) is 30.1 Å². The Morgan fingerprint density at radius 1 is 1.11 bits per heavy atom. The monoisotopic (exact) mass is 497 g/mol. The van der Waals surface area contributed by atoms with Gasteiger partial charge in [0.25, 0.3) is 0 Å². The first-order valence-corrected chi connectivity index (χ1v) is 9.18. The smallest absolute Gasteiger partial charge is 0.191 e. The highest BCUT2D eigenvalue weighted by Crippen LogP contribution is 2.27.